The van der Waals surface area contributed by atoms with Crippen molar-refractivity contribution < 1.29 is 4.79 Å². The summed E-state index contributed by atoms with van der Waals surface area (Å²) in [5, 5.41) is 9.85. The molecule has 3 aromatic rings. The molecule has 0 atom stereocenters. The number of hydrogen-bond acceptors (Lipinski definition) is 6. The molecule has 144 valence electrons. The van der Waals surface area contributed by atoms with Gasteiger partial charge in [0, 0.05) is 30.4 Å². The maximum Gasteiger partial charge on any atom is 0.252 e. The van der Waals surface area contributed by atoms with Crippen molar-refractivity contribution in [1.82, 2.24) is 20.3 Å². The molecule has 28 heavy (non-hydrogen) atoms. The number of hydrogen-bond donors (Lipinski definition) is 3. The Balaban J connectivity index is 1.50. The van der Waals surface area contributed by atoms with E-state index in [9.17, 15) is 4.79 Å². The van der Waals surface area contributed by atoms with E-state index in [1.807, 2.05) is 19.1 Å². The zero-order valence-electron chi connectivity index (χ0n) is 15.0. The molecule has 3 N–H and O–H groups in total. The van der Waals surface area contributed by atoms with Gasteiger partial charge in [-0.1, -0.05) is 23.2 Å². The van der Waals surface area contributed by atoms with Crippen LogP contribution < -0.4 is 16.0 Å². The minimum atomic E-state index is -0.265. The fraction of sp³-hybridized carbons (Fsp3) is 0.158. The standard InChI is InChI=1S/C19H18Cl2N6O/c1-12-4-5-22-17(8-12)27-18-10-16(25-11-26-18)23-6-7-24-19(28)14-3-2-13(20)9-15(14)21/h2-5,8-11H,6-7H2,1H3,(H,24,28)(H2,22,23,25,26,27). The average molecular weight is 417 g/mol. The van der Waals surface area contributed by atoms with Crippen LogP contribution in [0.25, 0.3) is 0 Å². The normalized spacial score (nSPS) is 10.4. The van der Waals surface area contributed by atoms with Crippen molar-refractivity contribution in [2.75, 3.05) is 23.7 Å². The molecule has 0 saturated heterocycles. The van der Waals surface area contributed by atoms with E-state index in [0.717, 1.165) is 5.56 Å². The van der Waals surface area contributed by atoms with Crippen LogP contribution >= 0.6 is 23.2 Å². The zero-order valence-corrected chi connectivity index (χ0v) is 16.6. The third-order valence-electron chi connectivity index (χ3n) is 3.73. The molecule has 2 heterocycles. The highest BCUT2D eigenvalue weighted by Crippen LogP contribution is 2.20. The van der Waals surface area contributed by atoms with Crippen LogP contribution in [0.5, 0.6) is 0 Å². The van der Waals surface area contributed by atoms with E-state index < -0.39 is 0 Å². The molecule has 0 radical (unpaired) electrons. The van der Waals surface area contributed by atoms with Crippen molar-refractivity contribution in [3.63, 3.8) is 0 Å². The lowest BCUT2D eigenvalue weighted by Crippen LogP contribution is -2.29. The minimum absolute atomic E-state index is 0.265. The van der Waals surface area contributed by atoms with Crippen LogP contribution in [0.1, 0.15) is 15.9 Å². The fourth-order valence-electron chi connectivity index (χ4n) is 2.39. The first kappa shape index (κ1) is 19.9. The lowest BCUT2D eigenvalue weighted by molar-refractivity contribution is 0.0955. The summed E-state index contributed by atoms with van der Waals surface area (Å²) in [6, 6.07) is 10.4. The molecule has 0 aliphatic carbocycles. The Morgan fingerprint density at radius 2 is 1.75 bits per heavy atom. The van der Waals surface area contributed by atoms with Crippen LogP contribution in [0.3, 0.4) is 0 Å². The number of amides is 1. The molecule has 0 saturated carbocycles. The van der Waals surface area contributed by atoms with E-state index in [1.165, 1.54) is 12.4 Å². The molecule has 7 nitrogen and oxygen atoms in total. The van der Waals surface area contributed by atoms with Gasteiger partial charge in [0.15, 0.2) is 0 Å². The molecule has 3 rings (SSSR count). The van der Waals surface area contributed by atoms with Gasteiger partial charge in [0.2, 0.25) is 0 Å². The van der Waals surface area contributed by atoms with Crippen LogP contribution in [-0.4, -0.2) is 33.9 Å². The molecular formula is C19H18Cl2N6O. The Labute approximate surface area is 172 Å². The maximum atomic E-state index is 12.2. The second-order valence-corrected chi connectivity index (χ2v) is 6.78. The number of carbonyl (C=O) groups excluding carboxylic acids is 1. The lowest BCUT2D eigenvalue weighted by atomic mass is 10.2. The monoisotopic (exact) mass is 416 g/mol. The van der Waals surface area contributed by atoms with Crippen molar-refractivity contribution >= 4 is 46.6 Å². The van der Waals surface area contributed by atoms with Crippen LogP contribution in [0.15, 0.2) is 48.9 Å². The second-order valence-electron chi connectivity index (χ2n) is 5.94. The summed E-state index contributed by atoms with van der Waals surface area (Å²) < 4.78 is 0. The van der Waals surface area contributed by atoms with E-state index in [1.54, 1.807) is 24.4 Å². The summed E-state index contributed by atoms with van der Waals surface area (Å²) in [7, 11) is 0. The highest BCUT2D eigenvalue weighted by atomic mass is 35.5. The van der Waals surface area contributed by atoms with Gasteiger partial charge in [-0.3, -0.25) is 4.79 Å². The third kappa shape index (κ3) is 5.55. The Hall–Kier alpha value is -2.90. The molecule has 2 aromatic heterocycles. The Morgan fingerprint density at radius 1 is 0.964 bits per heavy atom. The van der Waals surface area contributed by atoms with E-state index in [4.69, 9.17) is 23.2 Å². The van der Waals surface area contributed by atoms with Gasteiger partial charge in [0.25, 0.3) is 5.91 Å². The number of benzene rings is 1. The number of aryl methyl sites for hydroxylation is 1. The van der Waals surface area contributed by atoms with Crippen molar-refractivity contribution in [2.45, 2.75) is 6.92 Å². The number of halogens is 2. The largest absolute Gasteiger partial charge is 0.368 e. The van der Waals surface area contributed by atoms with E-state index in [2.05, 4.69) is 30.9 Å². The Bertz CT molecular complexity index is 982. The highest BCUT2D eigenvalue weighted by Gasteiger charge is 2.10. The van der Waals surface area contributed by atoms with Gasteiger partial charge in [0.05, 0.1) is 10.6 Å². The van der Waals surface area contributed by atoms with Gasteiger partial charge >= 0.3 is 0 Å². The SMILES string of the molecule is Cc1ccnc(Nc2cc(NCCNC(=O)c3ccc(Cl)cc3Cl)ncn2)c1. The van der Waals surface area contributed by atoms with Crippen LogP contribution in [0.4, 0.5) is 17.5 Å². The predicted molar refractivity (Wildman–Crippen MR) is 112 cm³/mol. The van der Waals surface area contributed by atoms with Crippen molar-refractivity contribution in [3.8, 4) is 0 Å². The third-order valence-corrected chi connectivity index (χ3v) is 4.28. The van der Waals surface area contributed by atoms with Crippen molar-refractivity contribution in [1.29, 1.82) is 0 Å². The Kier molecular flexibility index (Phi) is 6.62. The Morgan fingerprint density at radius 3 is 2.54 bits per heavy atom. The van der Waals surface area contributed by atoms with Gasteiger partial charge < -0.3 is 16.0 Å². The predicted octanol–water partition coefficient (Wildman–Crippen LogP) is 4.07. The summed E-state index contributed by atoms with van der Waals surface area (Å²) in [6.45, 7) is 2.87. The minimum Gasteiger partial charge on any atom is -0.368 e. The zero-order chi connectivity index (χ0) is 19.9. The highest BCUT2D eigenvalue weighted by molar-refractivity contribution is 6.36. The first-order valence-electron chi connectivity index (χ1n) is 8.50. The van der Waals surface area contributed by atoms with E-state index >= 15 is 0 Å². The first-order valence-corrected chi connectivity index (χ1v) is 9.26. The summed E-state index contributed by atoms with van der Waals surface area (Å²) >= 11 is 11.9. The summed E-state index contributed by atoms with van der Waals surface area (Å²) in [4.78, 5) is 24.8. The summed E-state index contributed by atoms with van der Waals surface area (Å²) in [6.07, 6.45) is 3.18. The van der Waals surface area contributed by atoms with E-state index in [-0.39, 0.29) is 5.91 Å². The molecule has 0 aliphatic heterocycles. The average Bonchev–Trinajstić information content (AvgIpc) is 2.65. The second kappa shape index (κ2) is 9.34. The van der Waals surface area contributed by atoms with Gasteiger partial charge in [0.1, 0.15) is 23.8 Å². The van der Waals surface area contributed by atoms with Gasteiger partial charge in [-0.15, -0.1) is 0 Å². The first-order chi connectivity index (χ1) is 13.5. The van der Waals surface area contributed by atoms with Crippen molar-refractivity contribution in [3.05, 3.63) is 70.1 Å². The number of pyridine rings is 1. The molecule has 0 aliphatic rings. The van der Waals surface area contributed by atoms with Gasteiger partial charge in [-0.2, -0.15) is 0 Å². The number of anilines is 3. The number of nitrogens with zero attached hydrogens (tertiary/aromatic N) is 3. The summed E-state index contributed by atoms with van der Waals surface area (Å²) in [5.74, 6) is 1.69. The molecule has 0 unspecified atom stereocenters. The molecule has 1 aromatic carbocycles. The quantitative estimate of drug-likeness (QED) is 0.502. The molecule has 0 spiro atoms. The van der Waals surface area contributed by atoms with Gasteiger partial charge in [-0.25, -0.2) is 15.0 Å². The van der Waals surface area contributed by atoms with Gasteiger partial charge in [-0.05, 0) is 42.8 Å². The van der Waals surface area contributed by atoms with Crippen LogP contribution in [0, 0.1) is 6.92 Å². The van der Waals surface area contributed by atoms with Crippen molar-refractivity contribution in [2.24, 2.45) is 0 Å². The number of nitrogens with one attached hydrogen (secondary N) is 3. The van der Waals surface area contributed by atoms with Crippen LogP contribution in [-0.2, 0) is 0 Å². The fourth-order valence-corrected chi connectivity index (χ4v) is 2.89. The van der Waals surface area contributed by atoms with Crippen LogP contribution in [0.2, 0.25) is 10.0 Å². The maximum absolute atomic E-state index is 12.2. The number of rotatable bonds is 7. The molecule has 0 fully saturated rings. The topological polar surface area (TPSA) is 91.8 Å². The summed E-state index contributed by atoms with van der Waals surface area (Å²) in [5.41, 5.74) is 1.48. The van der Waals surface area contributed by atoms with E-state index in [0.29, 0.717) is 46.2 Å². The smallest absolute Gasteiger partial charge is 0.252 e. The lowest BCUT2D eigenvalue weighted by Gasteiger charge is -2.10. The molecular weight excluding hydrogens is 399 g/mol. The molecule has 1 amide bonds. The number of aromatic nitrogens is 3. The molecule has 0 bridgehead atoms. The molecule has 9 heteroatoms. The number of carbonyl (C=O) groups is 1.